The Kier molecular flexibility index (Phi) is 4.84. The van der Waals surface area contributed by atoms with E-state index in [-0.39, 0.29) is 48.2 Å². The smallest absolute Gasteiger partial charge is 0.724 e. The third-order valence-electron chi connectivity index (χ3n) is 3.24. The zero-order chi connectivity index (χ0) is 16.1. The molecule has 2 N–H and O–H groups in total. The second-order valence-corrected chi connectivity index (χ2v) is 5.70. The van der Waals surface area contributed by atoms with Crippen LogP contribution >= 0.6 is 0 Å². The molecule has 11 nitrogen and oxygen atoms in total. The Morgan fingerprint density at radius 2 is 2.17 bits per heavy atom. The average molecular weight is 351 g/mol. The molecule has 0 spiro atoms. The van der Waals surface area contributed by atoms with Gasteiger partial charge >= 0.3 is 35.6 Å². The van der Waals surface area contributed by atoms with Gasteiger partial charge in [0.15, 0.2) is 0 Å². The summed E-state index contributed by atoms with van der Waals surface area (Å²) < 4.78 is 37.5. The van der Waals surface area contributed by atoms with Crippen LogP contribution in [0.3, 0.4) is 0 Å². The fourth-order valence-electron chi connectivity index (χ4n) is 2.32. The number of carbonyl (C=O) groups excluding carboxylic acids is 2. The molecule has 1 unspecified atom stereocenters. The summed E-state index contributed by atoms with van der Waals surface area (Å²) in [4.78, 5) is 24.3. The van der Waals surface area contributed by atoms with Crippen LogP contribution in [0.5, 0.6) is 0 Å². The van der Waals surface area contributed by atoms with Crippen molar-refractivity contribution in [2.75, 3.05) is 13.1 Å². The average Bonchev–Trinajstić information content (AvgIpc) is 2.98. The Morgan fingerprint density at radius 3 is 2.74 bits per heavy atom. The Balaban J connectivity index is 0.00000192. The van der Waals surface area contributed by atoms with E-state index in [4.69, 9.17) is 5.73 Å². The molecule has 0 aromatic carbocycles. The van der Waals surface area contributed by atoms with E-state index in [0.29, 0.717) is 10.8 Å². The molecule has 1 fully saturated rings. The molecule has 3 amide bonds. The van der Waals surface area contributed by atoms with E-state index in [1.165, 1.54) is 28.1 Å². The van der Waals surface area contributed by atoms with Crippen molar-refractivity contribution < 1.29 is 56.4 Å². The normalized spacial score (nSPS) is 20.3. The summed E-state index contributed by atoms with van der Waals surface area (Å²) in [6.07, 6.45) is 4.19. The van der Waals surface area contributed by atoms with Gasteiger partial charge in [-0.1, -0.05) is 0 Å². The van der Waals surface area contributed by atoms with Gasteiger partial charge in [0.05, 0.1) is 24.0 Å². The van der Waals surface area contributed by atoms with Gasteiger partial charge in [-0.25, -0.2) is 17.9 Å². The molecule has 0 radical (unpaired) electrons. The van der Waals surface area contributed by atoms with Crippen molar-refractivity contribution >= 4 is 28.0 Å². The molecular formula is C10H10N5NaO6S. The SMILES string of the molecule is NC(=O)c1cnn(C2=CC3CN(C2)C(=O)N3OS(=O)(=O)[O-])c1.[Na+]. The Hall–Kier alpha value is -1.44. The first-order chi connectivity index (χ1) is 10.2. The van der Waals surface area contributed by atoms with Crippen molar-refractivity contribution in [3.05, 3.63) is 24.0 Å². The standard InChI is InChI=1S/C10H11N5O6S.Na/c11-9(16)6-2-12-14(3-6)7-1-8-5-13(4-7)10(17)15(8)21-22(18,19)20;/h1-3,8H,4-5H2,(H2,11,16)(H,18,19,20);/q;+1/p-1. The molecular weight excluding hydrogens is 341 g/mol. The van der Waals surface area contributed by atoms with Gasteiger partial charge in [-0.2, -0.15) is 14.4 Å². The number of carbonyl (C=O) groups is 2. The molecule has 13 heteroatoms. The largest absolute Gasteiger partial charge is 1.00 e. The minimum atomic E-state index is -5.05. The summed E-state index contributed by atoms with van der Waals surface area (Å²) in [5, 5.41) is 4.46. The van der Waals surface area contributed by atoms with Gasteiger partial charge in [0.1, 0.15) is 6.04 Å². The molecule has 2 bridgehead atoms. The molecule has 1 atom stereocenters. The molecule has 23 heavy (non-hydrogen) atoms. The van der Waals surface area contributed by atoms with Crippen molar-refractivity contribution in [3.63, 3.8) is 0 Å². The van der Waals surface area contributed by atoms with Crippen molar-refractivity contribution in [3.8, 4) is 0 Å². The minimum absolute atomic E-state index is 0. The van der Waals surface area contributed by atoms with Gasteiger partial charge in [0.2, 0.25) is 10.4 Å². The van der Waals surface area contributed by atoms with Crippen LogP contribution in [0.25, 0.3) is 5.70 Å². The molecule has 1 aromatic heterocycles. The number of hydroxylamine groups is 2. The van der Waals surface area contributed by atoms with Crippen molar-refractivity contribution in [2.24, 2.45) is 5.73 Å². The van der Waals surface area contributed by atoms with E-state index in [9.17, 15) is 22.6 Å². The second-order valence-electron chi connectivity index (χ2n) is 4.73. The van der Waals surface area contributed by atoms with Crippen LogP contribution in [-0.4, -0.2) is 63.8 Å². The number of urea groups is 1. The first kappa shape index (κ1) is 17.9. The maximum Gasteiger partial charge on any atom is 1.00 e. The third kappa shape index (κ3) is 3.57. The number of hydrogen-bond donors (Lipinski definition) is 1. The van der Waals surface area contributed by atoms with Crippen LogP contribution in [0.2, 0.25) is 0 Å². The van der Waals surface area contributed by atoms with E-state index in [0.717, 1.165) is 0 Å². The molecule has 0 saturated carbocycles. The third-order valence-corrected chi connectivity index (χ3v) is 3.58. The van der Waals surface area contributed by atoms with Gasteiger partial charge in [-0.15, -0.1) is 0 Å². The van der Waals surface area contributed by atoms with Gasteiger partial charge in [0.25, 0.3) is 5.91 Å². The van der Waals surface area contributed by atoms with E-state index >= 15 is 0 Å². The van der Waals surface area contributed by atoms with Crippen molar-refractivity contribution in [2.45, 2.75) is 6.04 Å². The molecule has 2 aliphatic rings. The quantitative estimate of drug-likeness (QED) is 0.325. The molecule has 118 valence electrons. The van der Waals surface area contributed by atoms with Gasteiger partial charge < -0.3 is 15.2 Å². The number of rotatable bonds is 4. The monoisotopic (exact) mass is 351 g/mol. The van der Waals surface area contributed by atoms with E-state index in [2.05, 4.69) is 9.38 Å². The predicted octanol–water partition coefficient (Wildman–Crippen LogP) is -4.66. The van der Waals surface area contributed by atoms with Gasteiger partial charge in [-0.05, 0) is 6.08 Å². The number of aromatic nitrogens is 2. The fourth-order valence-corrected chi connectivity index (χ4v) is 2.69. The minimum Gasteiger partial charge on any atom is -0.724 e. The van der Waals surface area contributed by atoms with Crippen LogP contribution in [0, 0.1) is 0 Å². The summed E-state index contributed by atoms with van der Waals surface area (Å²) in [6.45, 7) is 0.301. The number of amides is 3. The van der Waals surface area contributed by atoms with E-state index in [1.54, 1.807) is 0 Å². The maximum absolute atomic E-state index is 11.9. The predicted molar refractivity (Wildman–Crippen MR) is 68.4 cm³/mol. The number of primary amides is 1. The fraction of sp³-hybridized carbons (Fsp3) is 0.300. The molecule has 1 saturated heterocycles. The van der Waals surface area contributed by atoms with Crippen LogP contribution < -0.4 is 35.3 Å². The molecule has 0 aliphatic carbocycles. The molecule has 3 heterocycles. The Morgan fingerprint density at radius 1 is 1.48 bits per heavy atom. The topological polar surface area (TPSA) is 151 Å². The zero-order valence-electron chi connectivity index (χ0n) is 11.9. The van der Waals surface area contributed by atoms with Crippen molar-refractivity contribution in [1.82, 2.24) is 19.7 Å². The number of nitrogens with zero attached hydrogens (tertiary/aromatic N) is 4. The number of hydrogen-bond acceptors (Lipinski definition) is 7. The summed E-state index contributed by atoms with van der Waals surface area (Å²) in [5.41, 5.74) is 5.84. The maximum atomic E-state index is 11.9. The van der Waals surface area contributed by atoms with Crippen LogP contribution in [0.15, 0.2) is 18.5 Å². The second kappa shape index (κ2) is 6.22. The van der Waals surface area contributed by atoms with E-state index < -0.39 is 28.4 Å². The zero-order valence-corrected chi connectivity index (χ0v) is 14.8. The van der Waals surface area contributed by atoms with Crippen LogP contribution in [0.1, 0.15) is 10.4 Å². The van der Waals surface area contributed by atoms with Crippen LogP contribution in [-0.2, 0) is 14.7 Å². The number of nitrogens with two attached hydrogens (primary N) is 1. The van der Waals surface area contributed by atoms with Crippen LogP contribution in [0.4, 0.5) is 4.79 Å². The first-order valence-corrected chi connectivity index (χ1v) is 7.37. The van der Waals surface area contributed by atoms with Gasteiger partial charge in [-0.3, -0.25) is 4.79 Å². The summed E-state index contributed by atoms with van der Waals surface area (Å²) in [7, 11) is -5.05. The summed E-state index contributed by atoms with van der Waals surface area (Å²) >= 11 is 0. The first-order valence-electron chi connectivity index (χ1n) is 6.04. The van der Waals surface area contributed by atoms with Crippen molar-refractivity contribution in [1.29, 1.82) is 0 Å². The Bertz CT molecular complexity index is 789. The summed E-state index contributed by atoms with van der Waals surface area (Å²) in [6, 6.07) is -1.49. The molecule has 1 aromatic rings. The number of fused-ring (bicyclic) bond motifs is 2. The van der Waals surface area contributed by atoms with E-state index in [1.807, 2.05) is 0 Å². The summed E-state index contributed by atoms with van der Waals surface area (Å²) in [5.74, 6) is -0.649. The molecule has 3 rings (SSSR count). The Labute approximate surface area is 152 Å². The molecule has 2 aliphatic heterocycles. The van der Waals surface area contributed by atoms with Gasteiger partial charge in [0, 0.05) is 12.7 Å².